The molecule has 122 valence electrons. The van der Waals surface area contributed by atoms with E-state index < -0.39 is 17.6 Å². The van der Waals surface area contributed by atoms with Gasteiger partial charge in [-0.2, -0.15) is 0 Å². The fourth-order valence-electron chi connectivity index (χ4n) is 3.11. The SMILES string of the molecule is O=C(O)C1CCC(F)(CNCc2ccc3nccnc3c2)CC1. The summed E-state index contributed by atoms with van der Waals surface area (Å²) >= 11 is 0. The van der Waals surface area contributed by atoms with Crippen molar-refractivity contribution in [3.8, 4) is 0 Å². The lowest BCUT2D eigenvalue weighted by Gasteiger charge is -2.32. The number of halogens is 1. The number of benzene rings is 1. The Morgan fingerprint density at radius 3 is 2.65 bits per heavy atom. The van der Waals surface area contributed by atoms with Gasteiger partial charge in [0.25, 0.3) is 0 Å². The van der Waals surface area contributed by atoms with E-state index in [1.807, 2.05) is 18.2 Å². The van der Waals surface area contributed by atoms with Gasteiger partial charge in [0.1, 0.15) is 5.67 Å². The van der Waals surface area contributed by atoms with E-state index in [9.17, 15) is 9.18 Å². The topological polar surface area (TPSA) is 75.1 Å². The van der Waals surface area contributed by atoms with Crippen LogP contribution in [-0.4, -0.2) is 33.3 Å². The minimum Gasteiger partial charge on any atom is -0.481 e. The molecule has 0 spiro atoms. The monoisotopic (exact) mass is 317 g/mol. The second kappa shape index (κ2) is 6.58. The third-order valence-electron chi connectivity index (χ3n) is 4.54. The zero-order chi connectivity index (χ0) is 16.3. The molecule has 23 heavy (non-hydrogen) atoms. The number of fused-ring (bicyclic) bond motifs is 1. The van der Waals surface area contributed by atoms with Gasteiger partial charge < -0.3 is 10.4 Å². The predicted molar refractivity (Wildman–Crippen MR) is 84.7 cm³/mol. The number of carboxylic acid groups (broad SMARTS) is 1. The van der Waals surface area contributed by atoms with Crippen molar-refractivity contribution in [2.45, 2.75) is 37.9 Å². The zero-order valence-corrected chi connectivity index (χ0v) is 12.8. The van der Waals surface area contributed by atoms with E-state index in [1.54, 1.807) is 12.4 Å². The maximum atomic E-state index is 14.7. The number of carboxylic acids is 1. The van der Waals surface area contributed by atoms with Crippen LogP contribution < -0.4 is 5.32 Å². The van der Waals surface area contributed by atoms with Crippen molar-refractivity contribution in [1.82, 2.24) is 15.3 Å². The number of nitrogens with zero attached hydrogens (tertiary/aromatic N) is 2. The number of carbonyl (C=O) groups is 1. The first-order valence-electron chi connectivity index (χ1n) is 7.88. The number of aromatic nitrogens is 2. The van der Waals surface area contributed by atoms with Crippen molar-refractivity contribution >= 4 is 17.0 Å². The van der Waals surface area contributed by atoms with Crippen molar-refractivity contribution in [3.05, 3.63) is 36.2 Å². The van der Waals surface area contributed by atoms with Crippen LogP contribution in [0.2, 0.25) is 0 Å². The Bertz CT molecular complexity index is 699. The molecule has 0 unspecified atom stereocenters. The minimum atomic E-state index is -1.30. The molecule has 1 aromatic heterocycles. The van der Waals surface area contributed by atoms with Crippen LogP contribution in [0.3, 0.4) is 0 Å². The molecule has 1 heterocycles. The number of nitrogens with one attached hydrogen (secondary N) is 1. The van der Waals surface area contributed by atoms with Crippen LogP contribution in [0.15, 0.2) is 30.6 Å². The molecular formula is C17H20FN3O2. The van der Waals surface area contributed by atoms with Crippen molar-refractivity contribution in [2.24, 2.45) is 5.92 Å². The molecule has 2 N–H and O–H groups in total. The summed E-state index contributed by atoms with van der Waals surface area (Å²) in [4.78, 5) is 19.4. The van der Waals surface area contributed by atoms with E-state index in [0.29, 0.717) is 32.2 Å². The molecule has 0 bridgehead atoms. The number of rotatable bonds is 5. The predicted octanol–water partition coefficient (Wildman–Crippen LogP) is 2.70. The lowest BCUT2D eigenvalue weighted by atomic mass is 9.80. The molecule has 0 saturated heterocycles. The van der Waals surface area contributed by atoms with Gasteiger partial charge in [-0.1, -0.05) is 6.07 Å². The van der Waals surface area contributed by atoms with Gasteiger partial charge in [0.2, 0.25) is 0 Å². The van der Waals surface area contributed by atoms with Gasteiger partial charge in [0, 0.05) is 25.5 Å². The average molecular weight is 317 g/mol. The molecule has 2 aromatic rings. The van der Waals surface area contributed by atoms with Gasteiger partial charge in [-0.3, -0.25) is 14.8 Å². The Balaban J connectivity index is 1.53. The van der Waals surface area contributed by atoms with Crippen LogP contribution >= 0.6 is 0 Å². The van der Waals surface area contributed by atoms with Gasteiger partial charge in [0.05, 0.1) is 17.0 Å². The highest BCUT2D eigenvalue weighted by Crippen LogP contribution is 2.34. The van der Waals surface area contributed by atoms with Crippen LogP contribution in [0.25, 0.3) is 11.0 Å². The second-order valence-electron chi connectivity index (χ2n) is 6.25. The van der Waals surface area contributed by atoms with Crippen molar-refractivity contribution < 1.29 is 14.3 Å². The molecule has 1 aliphatic rings. The lowest BCUT2D eigenvalue weighted by molar-refractivity contribution is -0.143. The molecule has 0 radical (unpaired) electrons. The second-order valence-corrected chi connectivity index (χ2v) is 6.25. The van der Waals surface area contributed by atoms with E-state index in [1.165, 1.54) is 0 Å². The molecule has 0 aliphatic heterocycles. The summed E-state index contributed by atoms with van der Waals surface area (Å²) in [6.45, 7) is 0.804. The first-order chi connectivity index (χ1) is 11.1. The van der Waals surface area contributed by atoms with E-state index >= 15 is 0 Å². The van der Waals surface area contributed by atoms with E-state index in [4.69, 9.17) is 5.11 Å². The Morgan fingerprint density at radius 2 is 1.96 bits per heavy atom. The van der Waals surface area contributed by atoms with Gasteiger partial charge in [-0.15, -0.1) is 0 Å². The van der Waals surface area contributed by atoms with Crippen LogP contribution in [0.1, 0.15) is 31.2 Å². The Morgan fingerprint density at radius 1 is 1.26 bits per heavy atom. The Hall–Kier alpha value is -2.08. The molecule has 0 amide bonds. The van der Waals surface area contributed by atoms with Crippen molar-refractivity contribution in [1.29, 1.82) is 0 Å². The molecule has 1 fully saturated rings. The smallest absolute Gasteiger partial charge is 0.306 e. The molecular weight excluding hydrogens is 297 g/mol. The van der Waals surface area contributed by atoms with Crippen LogP contribution in [0.4, 0.5) is 4.39 Å². The summed E-state index contributed by atoms with van der Waals surface area (Å²) in [5.74, 6) is -1.20. The number of aliphatic carboxylic acids is 1. The van der Waals surface area contributed by atoms with Gasteiger partial charge in [-0.05, 0) is 43.4 Å². The maximum Gasteiger partial charge on any atom is 0.306 e. The third-order valence-corrected chi connectivity index (χ3v) is 4.54. The fourth-order valence-corrected chi connectivity index (χ4v) is 3.11. The minimum absolute atomic E-state index is 0.248. The summed E-state index contributed by atoms with van der Waals surface area (Å²) in [5.41, 5.74) is 1.39. The molecule has 3 rings (SSSR count). The summed E-state index contributed by atoms with van der Waals surface area (Å²) < 4.78 is 14.7. The number of hydrogen-bond donors (Lipinski definition) is 2. The van der Waals surface area contributed by atoms with E-state index in [2.05, 4.69) is 15.3 Å². The largest absolute Gasteiger partial charge is 0.481 e. The normalized spacial score (nSPS) is 24.7. The molecule has 5 nitrogen and oxygen atoms in total. The first kappa shape index (κ1) is 15.8. The molecule has 1 aliphatic carbocycles. The Labute approximate surface area is 134 Å². The highest BCUT2D eigenvalue weighted by molar-refractivity contribution is 5.74. The highest BCUT2D eigenvalue weighted by atomic mass is 19.1. The van der Waals surface area contributed by atoms with Gasteiger partial charge in [0.15, 0.2) is 0 Å². The Kier molecular flexibility index (Phi) is 4.52. The molecule has 0 atom stereocenters. The van der Waals surface area contributed by atoms with Crippen LogP contribution in [-0.2, 0) is 11.3 Å². The van der Waals surface area contributed by atoms with Crippen molar-refractivity contribution in [2.75, 3.05) is 6.54 Å². The van der Waals surface area contributed by atoms with Gasteiger partial charge in [-0.25, -0.2) is 4.39 Å². The van der Waals surface area contributed by atoms with E-state index in [-0.39, 0.29) is 6.54 Å². The third kappa shape index (κ3) is 3.82. The zero-order valence-electron chi connectivity index (χ0n) is 12.8. The summed E-state index contributed by atoms with van der Waals surface area (Å²) in [6, 6.07) is 5.81. The lowest BCUT2D eigenvalue weighted by Crippen LogP contribution is -2.40. The fraction of sp³-hybridized carbons (Fsp3) is 0.471. The average Bonchev–Trinajstić information content (AvgIpc) is 2.55. The highest BCUT2D eigenvalue weighted by Gasteiger charge is 2.37. The molecule has 1 saturated carbocycles. The number of hydrogen-bond acceptors (Lipinski definition) is 4. The number of alkyl halides is 1. The summed E-state index contributed by atoms with van der Waals surface area (Å²) in [5, 5.41) is 12.1. The van der Waals surface area contributed by atoms with Crippen molar-refractivity contribution in [3.63, 3.8) is 0 Å². The summed E-state index contributed by atoms with van der Waals surface area (Å²) in [7, 11) is 0. The molecule has 1 aromatic carbocycles. The maximum absolute atomic E-state index is 14.7. The van der Waals surface area contributed by atoms with Crippen LogP contribution in [0.5, 0.6) is 0 Å². The van der Waals surface area contributed by atoms with E-state index in [0.717, 1.165) is 16.6 Å². The standard InChI is InChI=1S/C17H20FN3O2/c18-17(5-3-13(4-6-17)16(22)23)11-19-10-12-1-2-14-15(9-12)21-8-7-20-14/h1-2,7-9,13,19H,3-6,10-11H2,(H,22,23). The van der Waals surface area contributed by atoms with Gasteiger partial charge >= 0.3 is 5.97 Å². The molecule has 6 heteroatoms. The quantitative estimate of drug-likeness (QED) is 0.887. The summed E-state index contributed by atoms with van der Waals surface area (Å²) in [6.07, 6.45) is 4.75. The first-order valence-corrected chi connectivity index (χ1v) is 7.88. The van der Waals surface area contributed by atoms with Crippen LogP contribution in [0, 0.1) is 5.92 Å².